The molecule has 0 saturated heterocycles. The number of hydrogen-bond acceptors (Lipinski definition) is 6. The van der Waals surface area contributed by atoms with Crippen LogP contribution in [-0.2, 0) is 4.74 Å². The summed E-state index contributed by atoms with van der Waals surface area (Å²) in [6, 6.07) is 5.50. The number of carbonyl (C=O) groups excluding carboxylic acids is 2. The van der Waals surface area contributed by atoms with E-state index in [0.29, 0.717) is 0 Å². The molecule has 0 aliphatic rings. The molecule has 2 aromatic rings. The first-order valence-electron chi connectivity index (χ1n) is 5.52. The number of methoxy groups -OCH3 is 1. The van der Waals surface area contributed by atoms with Gasteiger partial charge in [0.25, 0.3) is 5.91 Å². The van der Waals surface area contributed by atoms with Crippen LogP contribution in [0, 0.1) is 0 Å². The van der Waals surface area contributed by atoms with E-state index in [9.17, 15) is 19.8 Å². The zero-order valence-corrected chi connectivity index (χ0v) is 11.2. The number of carbonyl (C=O) groups is 2. The van der Waals surface area contributed by atoms with Crippen LogP contribution in [-0.4, -0.2) is 29.2 Å². The van der Waals surface area contributed by atoms with Gasteiger partial charge in [0.1, 0.15) is 21.9 Å². The molecule has 1 aromatic heterocycles. The van der Waals surface area contributed by atoms with Crippen molar-refractivity contribution in [2.75, 3.05) is 12.4 Å². The number of esters is 1. The molecule has 0 radical (unpaired) electrons. The monoisotopic (exact) mass is 293 g/mol. The van der Waals surface area contributed by atoms with Crippen molar-refractivity contribution in [1.82, 2.24) is 0 Å². The quantitative estimate of drug-likeness (QED) is 0.754. The number of amides is 1. The van der Waals surface area contributed by atoms with Gasteiger partial charge in [-0.05, 0) is 23.6 Å². The Morgan fingerprint density at radius 3 is 2.45 bits per heavy atom. The SMILES string of the molecule is COC(=O)c1sccc1NC(=O)c1c(O)cccc1O. The van der Waals surface area contributed by atoms with Gasteiger partial charge < -0.3 is 20.3 Å². The number of nitrogens with one attached hydrogen (secondary N) is 1. The van der Waals surface area contributed by atoms with Crippen LogP contribution < -0.4 is 5.32 Å². The lowest BCUT2D eigenvalue weighted by Gasteiger charge is -2.08. The topological polar surface area (TPSA) is 95.9 Å². The Labute approximate surface area is 118 Å². The van der Waals surface area contributed by atoms with Gasteiger partial charge in [0.2, 0.25) is 0 Å². The second-order valence-corrected chi connectivity index (χ2v) is 4.70. The van der Waals surface area contributed by atoms with Crippen LogP contribution in [0.4, 0.5) is 5.69 Å². The number of benzene rings is 1. The summed E-state index contributed by atoms with van der Waals surface area (Å²) in [7, 11) is 1.24. The van der Waals surface area contributed by atoms with E-state index in [0.717, 1.165) is 11.3 Å². The number of anilines is 1. The van der Waals surface area contributed by atoms with Gasteiger partial charge in [-0.15, -0.1) is 11.3 Å². The molecule has 3 N–H and O–H groups in total. The van der Waals surface area contributed by atoms with Crippen molar-refractivity contribution in [3.8, 4) is 11.5 Å². The van der Waals surface area contributed by atoms with Gasteiger partial charge in [-0.1, -0.05) is 6.07 Å². The lowest BCUT2D eigenvalue weighted by molar-refractivity contribution is 0.0607. The molecule has 0 saturated carbocycles. The minimum Gasteiger partial charge on any atom is -0.507 e. The van der Waals surface area contributed by atoms with E-state index >= 15 is 0 Å². The Hall–Kier alpha value is -2.54. The number of thiophene rings is 1. The molecule has 1 heterocycles. The lowest BCUT2D eigenvalue weighted by atomic mass is 10.1. The van der Waals surface area contributed by atoms with Crippen LogP contribution in [0.3, 0.4) is 0 Å². The van der Waals surface area contributed by atoms with Crippen molar-refractivity contribution >= 4 is 28.9 Å². The van der Waals surface area contributed by atoms with Crippen molar-refractivity contribution < 1.29 is 24.5 Å². The molecule has 1 amide bonds. The fraction of sp³-hybridized carbons (Fsp3) is 0.0769. The maximum Gasteiger partial charge on any atom is 0.350 e. The van der Waals surface area contributed by atoms with Crippen molar-refractivity contribution in [3.63, 3.8) is 0 Å². The van der Waals surface area contributed by atoms with Gasteiger partial charge in [0.15, 0.2) is 0 Å². The van der Waals surface area contributed by atoms with Gasteiger partial charge in [-0.25, -0.2) is 4.79 Å². The number of hydrogen-bond donors (Lipinski definition) is 3. The number of phenolic OH excluding ortho intramolecular Hbond substituents is 2. The summed E-state index contributed by atoms with van der Waals surface area (Å²) in [5.41, 5.74) is 0.00372. The zero-order chi connectivity index (χ0) is 14.7. The van der Waals surface area contributed by atoms with Crippen LogP contribution in [0.25, 0.3) is 0 Å². The molecule has 0 aliphatic heterocycles. The average Bonchev–Trinajstić information content (AvgIpc) is 2.85. The molecule has 6 nitrogen and oxygen atoms in total. The van der Waals surface area contributed by atoms with E-state index in [-0.39, 0.29) is 27.6 Å². The average molecular weight is 293 g/mol. The molecule has 20 heavy (non-hydrogen) atoms. The first-order chi connectivity index (χ1) is 9.54. The van der Waals surface area contributed by atoms with E-state index in [2.05, 4.69) is 10.1 Å². The van der Waals surface area contributed by atoms with E-state index in [1.165, 1.54) is 31.4 Å². The third-order valence-electron chi connectivity index (χ3n) is 2.53. The first-order valence-corrected chi connectivity index (χ1v) is 6.40. The van der Waals surface area contributed by atoms with Gasteiger partial charge in [-0.3, -0.25) is 4.79 Å². The number of aromatic hydroxyl groups is 2. The highest BCUT2D eigenvalue weighted by molar-refractivity contribution is 7.12. The van der Waals surface area contributed by atoms with Crippen molar-refractivity contribution in [2.45, 2.75) is 0 Å². The molecule has 104 valence electrons. The summed E-state index contributed by atoms with van der Waals surface area (Å²) in [5, 5.41) is 23.3. The number of rotatable bonds is 3. The predicted molar refractivity (Wildman–Crippen MR) is 73.4 cm³/mol. The van der Waals surface area contributed by atoms with Crippen LogP contribution in [0.2, 0.25) is 0 Å². The van der Waals surface area contributed by atoms with E-state index in [1.807, 2.05) is 0 Å². The van der Waals surface area contributed by atoms with E-state index in [1.54, 1.807) is 5.38 Å². The second-order valence-electron chi connectivity index (χ2n) is 3.78. The Morgan fingerprint density at radius 2 is 1.85 bits per heavy atom. The minimum atomic E-state index is -0.718. The Kier molecular flexibility index (Phi) is 3.90. The van der Waals surface area contributed by atoms with Gasteiger partial charge in [-0.2, -0.15) is 0 Å². The molecule has 1 aromatic carbocycles. The highest BCUT2D eigenvalue weighted by Gasteiger charge is 2.20. The summed E-state index contributed by atoms with van der Waals surface area (Å²) >= 11 is 1.11. The Balaban J connectivity index is 2.29. The normalized spacial score (nSPS) is 10.1. The largest absolute Gasteiger partial charge is 0.507 e. The smallest absolute Gasteiger partial charge is 0.350 e. The summed E-state index contributed by atoms with van der Waals surface area (Å²) in [4.78, 5) is 23.8. The van der Waals surface area contributed by atoms with Gasteiger partial charge in [0.05, 0.1) is 12.8 Å². The molecule has 0 aliphatic carbocycles. The fourth-order valence-corrected chi connectivity index (χ4v) is 2.37. The Bertz CT molecular complexity index is 644. The van der Waals surface area contributed by atoms with Crippen molar-refractivity contribution in [3.05, 3.63) is 40.1 Å². The zero-order valence-electron chi connectivity index (χ0n) is 10.4. The molecule has 2 rings (SSSR count). The number of phenols is 2. The maximum atomic E-state index is 12.0. The maximum absolute atomic E-state index is 12.0. The van der Waals surface area contributed by atoms with Crippen LogP contribution in [0.1, 0.15) is 20.0 Å². The highest BCUT2D eigenvalue weighted by Crippen LogP contribution is 2.29. The molecular weight excluding hydrogens is 282 g/mol. The third kappa shape index (κ3) is 2.57. The van der Waals surface area contributed by atoms with Crippen LogP contribution in [0.15, 0.2) is 29.6 Å². The first kappa shape index (κ1) is 13.9. The van der Waals surface area contributed by atoms with Crippen LogP contribution in [0.5, 0.6) is 11.5 Å². The summed E-state index contributed by atoms with van der Waals surface area (Å²) in [5.74, 6) is -1.99. The highest BCUT2D eigenvalue weighted by atomic mass is 32.1. The molecular formula is C13H11NO5S. The van der Waals surface area contributed by atoms with Crippen molar-refractivity contribution in [1.29, 1.82) is 0 Å². The van der Waals surface area contributed by atoms with Crippen molar-refractivity contribution in [2.24, 2.45) is 0 Å². The molecule has 0 atom stereocenters. The predicted octanol–water partition coefficient (Wildman–Crippen LogP) is 2.20. The molecule has 0 bridgehead atoms. The van der Waals surface area contributed by atoms with E-state index < -0.39 is 11.9 Å². The van der Waals surface area contributed by atoms with Crippen LogP contribution >= 0.6 is 11.3 Å². The standard InChI is InChI=1S/C13H11NO5S/c1-19-13(18)11-7(5-6-20-11)14-12(17)10-8(15)3-2-4-9(10)16/h2-6,15-16H,1H3,(H,14,17). The molecule has 7 heteroatoms. The fourth-order valence-electron chi connectivity index (χ4n) is 1.60. The molecule has 0 fully saturated rings. The second kappa shape index (κ2) is 5.62. The summed E-state index contributed by atoms with van der Waals surface area (Å²) in [6.07, 6.45) is 0. The van der Waals surface area contributed by atoms with Gasteiger partial charge in [0, 0.05) is 0 Å². The number of ether oxygens (including phenoxy) is 1. The lowest BCUT2D eigenvalue weighted by Crippen LogP contribution is -2.14. The summed E-state index contributed by atoms with van der Waals surface area (Å²) in [6.45, 7) is 0. The van der Waals surface area contributed by atoms with E-state index in [4.69, 9.17) is 0 Å². The third-order valence-corrected chi connectivity index (χ3v) is 3.43. The Morgan fingerprint density at radius 1 is 1.20 bits per heavy atom. The molecule has 0 spiro atoms. The molecule has 0 unspecified atom stereocenters. The summed E-state index contributed by atoms with van der Waals surface area (Å²) < 4.78 is 4.59. The minimum absolute atomic E-state index is 0.232. The van der Waals surface area contributed by atoms with Gasteiger partial charge >= 0.3 is 5.97 Å².